The lowest BCUT2D eigenvalue weighted by molar-refractivity contribution is -0.121. The molecule has 156 valence electrons. The van der Waals surface area contributed by atoms with Crippen LogP contribution < -0.4 is 10.6 Å². The highest BCUT2D eigenvalue weighted by molar-refractivity contribution is 6.21. The number of rotatable bonds is 8. The van der Waals surface area contributed by atoms with Gasteiger partial charge in [-0.05, 0) is 55.7 Å². The Hall–Kier alpha value is -3.48. The van der Waals surface area contributed by atoms with E-state index < -0.39 is 0 Å². The summed E-state index contributed by atoms with van der Waals surface area (Å²) in [6, 6.07) is 12.2. The average Bonchev–Trinajstić information content (AvgIpc) is 2.98. The Balaban J connectivity index is 1.35. The number of hydrogen-bond acceptors (Lipinski definition) is 4. The first-order chi connectivity index (χ1) is 14.4. The molecule has 2 N–H and O–H groups in total. The third-order valence-electron chi connectivity index (χ3n) is 5.17. The Kier molecular flexibility index (Phi) is 6.61. The summed E-state index contributed by atoms with van der Waals surface area (Å²) in [5, 5.41) is 5.51. The second-order valence-corrected chi connectivity index (χ2v) is 7.32. The number of nitrogens with zero attached hydrogens (tertiary/aromatic N) is 1. The summed E-state index contributed by atoms with van der Waals surface area (Å²) in [7, 11) is 0. The Labute approximate surface area is 175 Å². The number of aryl methyl sites for hydroxylation is 2. The Bertz CT molecular complexity index is 965. The largest absolute Gasteiger partial charge is 0.354 e. The molecule has 0 bridgehead atoms. The first kappa shape index (κ1) is 21.2. The molecule has 0 fully saturated rings. The van der Waals surface area contributed by atoms with Crippen molar-refractivity contribution >= 4 is 23.6 Å². The minimum atomic E-state index is -0.315. The molecule has 0 spiro atoms. The fourth-order valence-corrected chi connectivity index (χ4v) is 3.29. The van der Waals surface area contributed by atoms with Gasteiger partial charge in [0, 0.05) is 31.6 Å². The third kappa shape index (κ3) is 4.74. The zero-order chi connectivity index (χ0) is 21.7. The maximum atomic E-state index is 12.3. The van der Waals surface area contributed by atoms with Crippen molar-refractivity contribution in [3.8, 4) is 0 Å². The lowest BCUT2D eigenvalue weighted by Crippen LogP contribution is -2.35. The molecule has 1 aliphatic heterocycles. The maximum absolute atomic E-state index is 12.3. The number of imide groups is 1. The van der Waals surface area contributed by atoms with Crippen LogP contribution in [-0.4, -0.2) is 48.2 Å². The zero-order valence-electron chi connectivity index (χ0n) is 17.2. The smallest absolute Gasteiger partial charge is 0.261 e. The summed E-state index contributed by atoms with van der Waals surface area (Å²) < 4.78 is 0. The van der Waals surface area contributed by atoms with E-state index in [1.165, 1.54) is 4.90 Å². The quantitative estimate of drug-likeness (QED) is 0.518. The van der Waals surface area contributed by atoms with Gasteiger partial charge in [0.05, 0.1) is 11.1 Å². The van der Waals surface area contributed by atoms with Crippen LogP contribution in [0.5, 0.6) is 0 Å². The highest BCUT2D eigenvalue weighted by Gasteiger charge is 2.34. The monoisotopic (exact) mass is 407 g/mol. The molecule has 0 saturated heterocycles. The molecule has 7 nitrogen and oxygen atoms in total. The molecule has 0 aliphatic carbocycles. The highest BCUT2D eigenvalue weighted by atomic mass is 16.2. The van der Waals surface area contributed by atoms with Gasteiger partial charge < -0.3 is 10.6 Å². The van der Waals surface area contributed by atoms with Crippen molar-refractivity contribution in [3.05, 3.63) is 70.3 Å². The standard InChI is InChI=1S/C23H25N3O4/c1-15-9-10-17(14-16(15)2)21(28)25-12-11-24-20(27)8-5-13-26-22(29)18-6-3-4-7-19(18)23(26)30/h3-4,6-7,9-10,14H,5,8,11-13H2,1-2H3,(H,24,27)(H,25,28). The number of amides is 4. The Morgan fingerprint density at radius 1 is 0.867 bits per heavy atom. The summed E-state index contributed by atoms with van der Waals surface area (Å²) in [4.78, 5) is 49.9. The van der Waals surface area contributed by atoms with E-state index in [0.29, 0.717) is 36.2 Å². The first-order valence-electron chi connectivity index (χ1n) is 9.96. The number of carbonyl (C=O) groups is 4. The van der Waals surface area contributed by atoms with Gasteiger partial charge in [-0.15, -0.1) is 0 Å². The van der Waals surface area contributed by atoms with Crippen LogP contribution in [0.3, 0.4) is 0 Å². The summed E-state index contributed by atoms with van der Waals surface area (Å²) in [6.45, 7) is 4.76. The number of carbonyl (C=O) groups excluding carboxylic acids is 4. The topological polar surface area (TPSA) is 95.6 Å². The molecule has 4 amide bonds. The van der Waals surface area contributed by atoms with Crippen molar-refractivity contribution in [2.24, 2.45) is 0 Å². The van der Waals surface area contributed by atoms with Gasteiger partial charge in [-0.2, -0.15) is 0 Å². The molecule has 7 heteroatoms. The lowest BCUT2D eigenvalue weighted by atomic mass is 10.1. The van der Waals surface area contributed by atoms with Gasteiger partial charge in [-0.3, -0.25) is 24.1 Å². The van der Waals surface area contributed by atoms with Gasteiger partial charge in [0.2, 0.25) is 5.91 Å². The minimum absolute atomic E-state index is 0.182. The second-order valence-electron chi connectivity index (χ2n) is 7.32. The van der Waals surface area contributed by atoms with E-state index >= 15 is 0 Å². The van der Waals surface area contributed by atoms with Crippen LogP contribution in [0.25, 0.3) is 0 Å². The predicted octanol–water partition coefficient (Wildman–Crippen LogP) is 2.23. The van der Waals surface area contributed by atoms with Gasteiger partial charge in [-0.1, -0.05) is 18.2 Å². The molecule has 0 saturated carbocycles. The minimum Gasteiger partial charge on any atom is -0.354 e. The van der Waals surface area contributed by atoms with E-state index in [2.05, 4.69) is 10.6 Å². The van der Waals surface area contributed by atoms with Crippen molar-refractivity contribution in [2.45, 2.75) is 26.7 Å². The molecule has 0 atom stereocenters. The average molecular weight is 407 g/mol. The first-order valence-corrected chi connectivity index (χ1v) is 9.96. The van der Waals surface area contributed by atoms with E-state index in [1.807, 2.05) is 26.0 Å². The summed E-state index contributed by atoms with van der Waals surface area (Å²) in [5.74, 6) is -1.000. The van der Waals surface area contributed by atoms with Gasteiger partial charge in [0.15, 0.2) is 0 Å². The summed E-state index contributed by atoms with van der Waals surface area (Å²) >= 11 is 0. The van der Waals surface area contributed by atoms with Gasteiger partial charge in [-0.25, -0.2) is 0 Å². The molecule has 2 aromatic carbocycles. The zero-order valence-corrected chi connectivity index (χ0v) is 17.2. The Morgan fingerprint density at radius 3 is 2.13 bits per heavy atom. The number of nitrogens with one attached hydrogen (secondary N) is 2. The molecule has 0 radical (unpaired) electrons. The van der Waals surface area contributed by atoms with E-state index in [4.69, 9.17) is 0 Å². The molecular weight excluding hydrogens is 382 g/mol. The number of fused-ring (bicyclic) bond motifs is 1. The van der Waals surface area contributed by atoms with Gasteiger partial charge in [0.25, 0.3) is 17.7 Å². The van der Waals surface area contributed by atoms with Crippen LogP contribution in [0.2, 0.25) is 0 Å². The van der Waals surface area contributed by atoms with E-state index in [9.17, 15) is 19.2 Å². The van der Waals surface area contributed by atoms with Crippen molar-refractivity contribution in [2.75, 3.05) is 19.6 Å². The van der Waals surface area contributed by atoms with Crippen molar-refractivity contribution in [3.63, 3.8) is 0 Å². The van der Waals surface area contributed by atoms with Crippen LogP contribution in [0.4, 0.5) is 0 Å². The fraction of sp³-hybridized carbons (Fsp3) is 0.304. The maximum Gasteiger partial charge on any atom is 0.261 e. The summed E-state index contributed by atoms with van der Waals surface area (Å²) in [6.07, 6.45) is 0.574. The van der Waals surface area contributed by atoms with Gasteiger partial charge >= 0.3 is 0 Å². The van der Waals surface area contributed by atoms with Crippen LogP contribution in [-0.2, 0) is 4.79 Å². The van der Waals surface area contributed by atoms with E-state index in [0.717, 1.165) is 11.1 Å². The van der Waals surface area contributed by atoms with Crippen LogP contribution in [0.1, 0.15) is 55.0 Å². The lowest BCUT2D eigenvalue weighted by Gasteiger charge is -2.13. The van der Waals surface area contributed by atoms with Crippen molar-refractivity contribution < 1.29 is 19.2 Å². The molecule has 1 aliphatic rings. The van der Waals surface area contributed by atoms with Gasteiger partial charge in [0.1, 0.15) is 0 Å². The third-order valence-corrected chi connectivity index (χ3v) is 5.17. The van der Waals surface area contributed by atoms with Crippen molar-refractivity contribution in [1.29, 1.82) is 0 Å². The molecule has 0 aromatic heterocycles. The highest BCUT2D eigenvalue weighted by Crippen LogP contribution is 2.22. The molecule has 30 heavy (non-hydrogen) atoms. The van der Waals surface area contributed by atoms with Crippen LogP contribution in [0, 0.1) is 13.8 Å². The number of benzene rings is 2. The molecule has 3 rings (SSSR count). The van der Waals surface area contributed by atoms with Crippen LogP contribution >= 0.6 is 0 Å². The van der Waals surface area contributed by atoms with E-state index in [-0.39, 0.29) is 36.6 Å². The predicted molar refractivity (Wildman–Crippen MR) is 112 cm³/mol. The second kappa shape index (κ2) is 9.35. The number of hydrogen-bond donors (Lipinski definition) is 2. The van der Waals surface area contributed by atoms with E-state index in [1.54, 1.807) is 30.3 Å². The molecular formula is C23H25N3O4. The molecule has 1 heterocycles. The normalized spacial score (nSPS) is 12.7. The van der Waals surface area contributed by atoms with Crippen molar-refractivity contribution in [1.82, 2.24) is 15.5 Å². The molecule has 0 unspecified atom stereocenters. The Morgan fingerprint density at radius 2 is 1.50 bits per heavy atom. The fourth-order valence-electron chi connectivity index (χ4n) is 3.29. The summed E-state index contributed by atoms with van der Waals surface area (Å²) in [5.41, 5.74) is 3.58. The SMILES string of the molecule is Cc1ccc(C(=O)NCCNC(=O)CCCN2C(=O)c3ccccc3C2=O)cc1C. The molecule has 2 aromatic rings. The van der Waals surface area contributed by atoms with Crippen LogP contribution in [0.15, 0.2) is 42.5 Å².